The predicted octanol–water partition coefficient (Wildman–Crippen LogP) is 2.77. The van der Waals surface area contributed by atoms with Crippen molar-refractivity contribution in [3.05, 3.63) is 60.4 Å². The fraction of sp³-hybridized carbons (Fsp3) is 0.238. The van der Waals surface area contributed by atoms with Crippen LogP contribution < -0.4 is 29.6 Å². The molecule has 0 saturated carbocycles. The van der Waals surface area contributed by atoms with Crippen molar-refractivity contribution < 1.29 is 23.7 Å². The van der Waals surface area contributed by atoms with Crippen LogP contribution in [0.5, 0.6) is 23.0 Å². The molecule has 2 aliphatic rings. The number of urea groups is 1. The number of benzene rings is 2. The van der Waals surface area contributed by atoms with E-state index in [2.05, 4.69) is 15.7 Å². The standard InChI is InChI=1S/C21H20N4O5/c26-21(22-8-14-5-6-18-20(7-14)29-13-28-18)24-15-9-23-25(10-15)11-16-12-27-17-3-1-2-4-19(17)30-16/h1-7,9-10,16H,8,11-13H2,(H2,22,24,26)/t16-/m1/s1. The zero-order valence-corrected chi connectivity index (χ0v) is 16.0. The third-order valence-electron chi connectivity index (χ3n) is 4.74. The summed E-state index contributed by atoms with van der Waals surface area (Å²) in [7, 11) is 0. The Labute approximate surface area is 172 Å². The number of carbonyl (C=O) groups is 1. The fourth-order valence-corrected chi connectivity index (χ4v) is 3.30. The summed E-state index contributed by atoms with van der Waals surface area (Å²) in [6, 6.07) is 12.8. The van der Waals surface area contributed by atoms with Gasteiger partial charge in [0, 0.05) is 12.7 Å². The van der Waals surface area contributed by atoms with E-state index >= 15 is 0 Å². The molecule has 0 saturated heterocycles. The van der Waals surface area contributed by atoms with E-state index in [1.807, 2.05) is 42.5 Å². The van der Waals surface area contributed by atoms with E-state index in [4.69, 9.17) is 18.9 Å². The molecule has 0 unspecified atom stereocenters. The first-order valence-electron chi connectivity index (χ1n) is 9.57. The van der Waals surface area contributed by atoms with Crippen LogP contribution in [0.1, 0.15) is 5.56 Å². The molecule has 9 heteroatoms. The molecule has 0 radical (unpaired) electrons. The summed E-state index contributed by atoms with van der Waals surface area (Å²) < 4.78 is 24.0. The van der Waals surface area contributed by atoms with Gasteiger partial charge in [-0.15, -0.1) is 0 Å². The maximum Gasteiger partial charge on any atom is 0.319 e. The molecule has 30 heavy (non-hydrogen) atoms. The van der Waals surface area contributed by atoms with Crippen molar-refractivity contribution in [3.8, 4) is 23.0 Å². The Bertz CT molecular complexity index is 1070. The van der Waals surface area contributed by atoms with E-state index in [0.717, 1.165) is 17.1 Å². The van der Waals surface area contributed by atoms with Gasteiger partial charge in [-0.2, -0.15) is 5.10 Å². The highest BCUT2D eigenvalue weighted by Gasteiger charge is 2.21. The minimum absolute atomic E-state index is 0.160. The molecule has 2 amide bonds. The van der Waals surface area contributed by atoms with Gasteiger partial charge in [-0.1, -0.05) is 18.2 Å². The van der Waals surface area contributed by atoms with Crippen LogP contribution in [0, 0.1) is 0 Å². The lowest BCUT2D eigenvalue weighted by molar-refractivity contribution is 0.0759. The molecule has 2 aliphatic heterocycles. The normalized spacial score (nSPS) is 16.2. The molecular weight excluding hydrogens is 388 g/mol. The number of fused-ring (bicyclic) bond motifs is 2. The summed E-state index contributed by atoms with van der Waals surface area (Å²) in [5.74, 6) is 2.87. The number of anilines is 1. The SMILES string of the molecule is O=C(NCc1ccc2c(c1)OCO2)Nc1cnn(C[C@@H]2COc3ccccc3O2)c1. The number of para-hydroxylation sites is 2. The van der Waals surface area contributed by atoms with E-state index in [0.29, 0.717) is 36.9 Å². The van der Waals surface area contributed by atoms with Gasteiger partial charge in [0.1, 0.15) is 6.61 Å². The van der Waals surface area contributed by atoms with Gasteiger partial charge in [-0.25, -0.2) is 4.79 Å². The Morgan fingerprint density at radius 3 is 2.83 bits per heavy atom. The maximum atomic E-state index is 12.2. The number of ether oxygens (including phenoxy) is 4. The summed E-state index contributed by atoms with van der Waals surface area (Å²) in [5, 5.41) is 9.87. The van der Waals surface area contributed by atoms with Gasteiger partial charge >= 0.3 is 6.03 Å². The lowest BCUT2D eigenvalue weighted by Crippen LogP contribution is -2.33. The van der Waals surface area contributed by atoms with Gasteiger partial charge in [-0.05, 0) is 29.8 Å². The van der Waals surface area contributed by atoms with Crippen molar-refractivity contribution in [1.29, 1.82) is 0 Å². The number of nitrogens with one attached hydrogen (secondary N) is 2. The first-order valence-corrected chi connectivity index (χ1v) is 9.57. The number of amides is 2. The topological polar surface area (TPSA) is 95.9 Å². The molecule has 9 nitrogen and oxygen atoms in total. The van der Waals surface area contributed by atoms with Crippen LogP contribution in [0.15, 0.2) is 54.9 Å². The molecule has 154 valence electrons. The number of carbonyl (C=O) groups excluding carboxylic acids is 1. The van der Waals surface area contributed by atoms with Crippen LogP contribution in [0.4, 0.5) is 10.5 Å². The molecule has 2 aromatic carbocycles. The van der Waals surface area contributed by atoms with Crippen molar-refractivity contribution in [2.24, 2.45) is 0 Å². The minimum atomic E-state index is -0.321. The Hall–Kier alpha value is -3.88. The van der Waals surface area contributed by atoms with E-state index in [-0.39, 0.29) is 18.9 Å². The van der Waals surface area contributed by atoms with Crippen LogP contribution in [0.2, 0.25) is 0 Å². The molecule has 0 bridgehead atoms. The van der Waals surface area contributed by atoms with Crippen LogP contribution >= 0.6 is 0 Å². The first kappa shape index (κ1) is 18.2. The number of hydrogen-bond donors (Lipinski definition) is 2. The highest BCUT2D eigenvalue weighted by Crippen LogP contribution is 2.32. The molecule has 5 rings (SSSR count). The molecular formula is C21H20N4O5. The van der Waals surface area contributed by atoms with E-state index in [1.165, 1.54) is 0 Å². The third-order valence-corrected chi connectivity index (χ3v) is 4.74. The van der Waals surface area contributed by atoms with Gasteiger partial charge in [0.25, 0.3) is 0 Å². The van der Waals surface area contributed by atoms with Gasteiger partial charge in [-0.3, -0.25) is 4.68 Å². The largest absolute Gasteiger partial charge is 0.486 e. The van der Waals surface area contributed by atoms with Crippen molar-refractivity contribution in [2.75, 3.05) is 18.7 Å². The lowest BCUT2D eigenvalue weighted by atomic mass is 10.2. The summed E-state index contributed by atoms with van der Waals surface area (Å²) in [5.41, 5.74) is 1.51. The molecule has 0 aliphatic carbocycles. The second-order valence-corrected chi connectivity index (χ2v) is 6.94. The molecule has 2 N–H and O–H groups in total. The highest BCUT2D eigenvalue weighted by atomic mass is 16.7. The van der Waals surface area contributed by atoms with Crippen LogP contribution in [-0.2, 0) is 13.1 Å². The number of hydrogen-bond acceptors (Lipinski definition) is 6. The Balaban J connectivity index is 1.12. The zero-order chi connectivity index (χ0) is 20.3. The van der Waals surface area contributed by atoms with Gasteiger partial charge < -0.3 is 29.6 Å². The van der Waals surface area contributed by atoms with Crippen LogP contribution in [-0.4, -0.2) is 35.3 Å². The predicted molar refractivity (Wildman–Crippen MR) is 107 cm³/mol. The van der Waals surface area contributed by atoms with E-state index in [1.54, 1.807) is 17.1 Å². The molecule has 1 atom stereocenters. The van der Waals surface area contributed by atoms with Gasteiger partial charge in [0.05, 0.1) is 18.4 Å². The van der Waals surface area contributed by atoms with E-state index in [9.17, 15) is 4.79 Å². The molecule has 0 fully saturated rings. The third kappa shape index (κ3) is 3.95. The zero-order valence-electron chi connectivity index (χ0n) is 16.0. The number of nitrogens with zero attached hydrogens (tertiary/aromatic N) is 2. The highest BCUT2D eigenvalue weighted by molar-refractivity contribution is 5.88. The monoisotopic (exact) mass is 408 g/mol. The van der Waals surface area contributed by atoms with Gasteiger partial charge in [0.15, 0.2) is 29.1 Å². The second kappa shape index (κ2) is 7.86. The van der Waals surface area contributed by atoms with Gasteiger partial charge in [0.2, 0.25) is 6.79 Å². The van der Waals surface area contributed by atoms with Crippen LogP contribution in [0.25, 0.3) is 0 Å². The summed E-state index contributed by atoms with van der Waals surface area (Å²) in [6.07, 6.45) is 3.19. The van der Waals surface area contributed by atoms with Crippen molar-refractivity contribution >= 4 is 11.7 Å². The van der Waals surface area contributed by atoms with Crippen LogP contribution in [0.3, 0.4) is 0 Å². The maximum absolute atomic E-state index is 12.2. The second-order valence-electron chi connectivity index (χ2n) is 6.94. The van der Waals surface area contributed by atoms with Crippen molar-refractivity contribution in [2.45, 2.75) is 19.2 Å². The molecule has 0 spiro atoms. The average Bonchev–Trinajstić information content (AvgIpc) is 3.41. The van der Waals surface area contributed by atoms with Crippen molar-refractivity contribution in [3.63, 3.8) is 0 Å². The quantitative estimate of drug-likeness (QED) is 0.674. The molecule has 3 aromatic rings. The lowest BCUT2D eigenvalue weighted by Gasteiger charge is -2.26. The van der Waals surface area contributed by atoms with Crippen molar-refractivity contribution in [1.82, 2.24) is 15.1 Å². The number of rotatable bonds is 5. The smallest absolute Gasteiger partial charge is 0.319 e. The molecule has 3 heterocycles. The average molecular weight is 408 g/mol. The fourth-order valence-electron chi connectivity index (χ4n) is 3.30. The first-order chi connectivity index (χ1) is 14.7. The molecule has 1 aromatic heterocycles. The summed E-state index contributed by atoms with van der Waals surface area (Å²) in [4.78, 5) is 12.2. The summed E-state index contributed by atoms with van der Waals surface area (Å²) in [6.45, 7) is 1.54. The Kier molecular flexibility index (Phi) is 4.76. The van der Waals surface area contributed by atoms with E-state index < -0.39 is 0 Å². The Morgan fingerprint density at radius 1 is 1.07 bits per heavy atom. The summed E-state index contributed by atoms with van der Waals surface area (Å²) >= 11 is 0. The Morgan fingerprint density at radius 2 is 1.90 bits per heavy atom. The minimum Gasteiger partial charge on any atom is -0.486 e. The number of aromatic nitrogens is 2.